The van der Waals surface area contributed by atoms with Gasteiger partial charge >= 0.3 is 0 Å². The Morgan fingerprint density at radius 1 is 1.41 bits per heavy atom. The maximum absolute atomic E-state index is 12.2. The largest absolute Gasteiger partial charge is 0.393 e. The Balaban J connectivity index is 2.55. The summed E-state index contributed by atoms with van der Waals surface area (Å²) in [6.45, 7) is 7.22. The second-order valence-electron chi connectivity index (χ2n) is 5.10. The highest BCUT2D eigenvalue weighted by Crippen LogP contribution is 2.42. The summed E-state index contributed by atoms with van der Waals surface area (Å²) in [7, 11) is 0. The fraction of sp³-hybridized carbons (Fsp3) is 0.769. The second kappa shape index (κ2) is 4.59. The number of nitrogen functional groups attached to an aromatic ring is 1. The van der Waals surface area contributed by atoms with Gasteiger partial charge in [0.15, 0.2) is 0 Å². The molecule has 1 saturated carbocycles. The average Bonchev–Trinajstić information content (AvgIpc) is 3.10. The SMILES string of the molecule is CCCn1c(C2CC2)c(N)c(=O)n1C(C)CC. The molecule has 1 heterocycles. The van der Waals surface area contributed by atoms with Gasteiger partial charge in [0.2, 0.25) is 0 Å². The van der Waals surface area contributed by atoms with Crippen LogP contribution in [-0.2, 0) is 6.54 Å². The van der Waals surface area contributed by atoms with Gasteiger partial charge in [0.25, 0.3) is 5.56 Å². The van der Waals surface area contributed by atoms with Gasteiger partial charge in [-0.25, -0.2) is 4.68 Å². The molecular weight excluding hydrogens is 214 g/mol. The molecule has 1 atom stereocenters. The zero-order valence-corrected chi connectivity index (χ0v) is 11.1. The van der Waals surface area contributed by atoms with E-state index in [4.69, 9.17) is 5.73 Å². The summed E-state index contributed by atoms with van der Waals surface area (Å²) in [4.78, 5) is 12.2. The Morgan fingerprint density at radius 3 is 2.53 bits per heavy atom. The lowest BCUT2D eigenvalue weighted by atomic mass is 10.2. The highest BCUT2D eigenvalue weighted by atomic mass is 16.1. The summed E-state index contributed by atoms with van der Waals surface area (Å²) in [6.07, 6.45) is 4.34. The molecule has 0 spiro atoms. The summed E-state index contributed by atoms with van der Waals surface area (Å²) >= 11 is 0. The molecule has 0 aliphatic heterocycles. The van der Waals surface area contributed by atoms with Gasteiger partial charge < -0.3 is 5.73 Å². The van der Waals surface area contributed by atoms with Crippen molar-refractivity contribution in [2.75, 3.05) is 5.73 Å². The first-order valence-electron chi connectivity index (χ1n) is 6.72. The lowest BCUT2D eigenvalue weighted by molar-refractivity contribution is 0.361. The van der Waals surface area contributed by atoms with Gasteiger partial charge in [-0.05, 0) is 32.6 Å². The summed E-state index contributed by atoms with van der Waals surface area (Å²) in [5.74, 6) is 0.527. The maximum Gasteiger partial charge on any atom is 0.290 e. The first-order valence-corrected chi connectivity index (χ1v) is 6.72. The maximum atomic E-state index is 12.2. The van der Waals surface area contributed by atoms with Crippen molar-refractivity contribution in [1.29, 1.82) is 0 Å². The molecule has 0 radical (unpaired) electrons. The van der Waals surface area contributed by atoms with Crippen molar-refractivity contribution in [3.05, 3.63) is 16.0 Å². The van der Waals surface area contributed by atoms with Crippen LogP contribution in [0.2, 0.25) is 0 Å². The van der Waals surface area contributed by atoms with Gasteiger partial charge in [-0.2, -0.15) is 0 Å². The molecule has 96 valence electrons. The molecule has 1 aliphatic carbocycles. The third-order valence-electron chi connectivity index (χ3n) is 3.66. The molecule has 1 aromatic rings. The number of hydrogen-bond acceptors (Lipinski definition) is 2. The minimum absolute atomic E-state index is 0.00898. The Bertz CT molecular complexity index is 454. The van der Waals surface area contributed by atoms with Crippen molar-refractivity contribution >= 4 is 5.69 Å². The van der Waals surface area contributed by atoms with Crippen LogP contribution < -0.4 is 11.3 Å². The van der Waals surface area contributed by atoms with Crippen LogP contribution in [0, 0.1) is 0 Å². The van der Waals surface area contributed by atoms with Gasteiger partial charge in [0.1, 0.15) is 5.69 Å². The fourth-order valence-electron chi connectivity index (χ4n) is 2.44. The first-order chi connectivity index (χ1) is 8.11. The van der Waals surface area contributed by atoms with E-state index in [0.29, 0.717) is 11.6 Å². The highest BCUT2D eigenvalue weighted by molar-refractivity contribution is 5.45. The fourth-order valence-corrected chi connectivity index (χ4v) is 2.44. The summed E-state index contributed by atoms with van der Waals surface area (Å²) in [5, 5.41) is 0. The van der Waals surface area contributed by atoms with E-state index in [9.17, 15) is 4.79 Å². The van der Waals surface area contributed by atoms with E-state index in [1.165, 1.54) is 12.8 Å². The van der Waals surface area contributed by atoms with E-state index < -0.39 is 0 Å². The van der Waals surface area contributed by atoms with Crippen molar-refractivity contribution < 1.29 is 0 Å². The van der Waals surface area contributed by atoms with E-state index in [0.717, 1.165) is 25.1 Å². The van der Waals surface area contributed by atoms with Crippen molar-refractivity contribution in [3.8, 4) is 0 Å². The van der Waals surface area contributed by atoms with Crippen LogP contribution in [0.1, 0.15) is 64.1 Å². The van der Waals surface area contributed by atoms with Crippen molar-refractivity contribution in [2.45, 2.75) is 65.0 Å². The molecule has 4 heteroatoms. The normalized spacial score (nSPS) is 17.4. The van der Waals surface area contributed by atoms with Crippen molar-refractivity contribution in [2.24, 2.45) is 0 Å². The van der Waals surface area contributed by atoms with Crippen molar-refractivity contribution in [3.63, 3.8) is 0 Å². The van der Waals surface area contributed by atoms with Crippen LogP contribution in [0.4, 0.5) is 5.69 Å². The minimum Gasteiger partial charge on any atom is -0.393 e. The molecule has 1 unspecified atom stereocenters. The molecule has 1 aromatic heterocycles. The molecule has 1 fully saturated rings. The Kier molecular flexibility index (Phi) is 3.31. The Morgan fingerprint density at radius 2 is 2.06 bits per heavy atom. The zero-order valence-electron chi connectivity index (χ0n) is 11.1. The number of anilines is 1. The average molecular weight is 237 g/mol. The quantitative estimate of drug-likeness (QED) is 0.855. The standard InChI is InChI=1S/C13H23N3O/c1-4-8-15-12(10-6-7-10)11(14)13(17)16(15)9(3)5-2/h9-10H,4-8,14H2,1-3H3. The van der Waals surface area contributed by atoms with E-state index in [-0.39, 0.29) is 11.6 Å². The molecule has 0 saturated heterocycles. The van der Waals surface area contributed by atoms with Gasteiger partial charge in [-0.3, -0.25) is 9.48 Å². The number of aromatic nitrogens is 2. The molecule has 0 amide bonds. The van der Waals surface area contributed by atoms with Crippen LogP contribution in [0.15, 0.2) is 4.79 Å². The summed E-state index contributed by atoms with van der Waals surface area (Å²) < 4.78 is 4.01. The first kappa shape index (κ1) is 12.3. The lowest BCUT2D eigenvalue weighted by Gasteiger charge is -2.18. The molecule has 0 aromatic carbocycles. The van der Waals surface area contributed by atoms with Gasteiger partial charge in [0, 0.05) is 12.5 Å². The van der Waals surface area contributed by atoms with Gasteiger partial charge in [0.05, 0.1) is 11.7 Å². The van der Waals surface area contributed by atoms with Crippen LogP contribution in [0.25, 0.3) is 0 Å². The lowest BCUT2D eigenvalue weighted by Crippen LogP contribution is -2.27. The number of hydrogen-bond donors (Lipinski definition) is 1. The minimum atomic E-state index is 0.00898. The van der Waals surface area contributed by atoms with Crippen LogP contribution >= 0.6 is 0 Å². The predicted molar refractivity (Wildman–Crippen MR) is 70.4 cm³/mol. The Hall–Kier alpha value is -1.19. The van der Waals surface area contributed by atoms with Crippen LogP contribution in [-0.4, -0.2) is 9.36 Å². The van der Waals surface area contributed by atoms with E-state index >= 15 is 0 Å². The molecule has 2 rings (SSSR count). The van der Waals surface area contributed by atoms with E-state index in [2.05, 4.69) is 25.5 Å². The number of rotatable bonds is 5. The highest BCUT2D eigenvalue weighted by Gasteiger charge is 2.32. The third kappa shape index (κ3) is 2.01. The molecule has 2 N–H and O–H groups in total. The molecular formula is C13H23N3O. The third-order valence-corrected chi connectivity index (χ3v) is 3.66. The van der Waals surface area contributed by atoms with Gasteiger partial charge in [-0.1, -0.05) is 13.8 Å². The molecule has 0 bridgehead atoms. The topological polar surface area (TPSA) is 52.9 Å². The molecule has 1 aliphatic rings. The zero-order chi connectivity index (χ0) is 12.6. The second-order valence-corrected chi connectivity index (χ2v) is 5.10. The monoisotopic (exact) mass is 237 g/mol. The van der Waals surface area contributed by atoms with Crippen LogP contribution in [0.3, 0.4) is 0 Å². The van der Waals surface area contributed by atoms with Gasteiger partial charge in [-0.15, -0.1) is 0 Å². The van der Waals surface area contributed by atoms with Crippen LogP contribution in [0.5, 0.6) is 0 Å². The van der Waals surface area contributed by atoms with E-state index in [1.54, 1.807) is 0 Å². The summed E-state index contributed by atoms with van der Waals surface area (Å²) in [5.41, 5.74) is 7.60. The smallest absolute Gasteiger partial charge is 0.290 e. The molecule has 17 heavy (non-hydrogen) atoms. The van der Waals surface area contributed by atoms with Crippen molar-refractivity contribution in [1.82, 2.24) is 9.36 Å². The Labute approximate surface area is 102 Å². The number of nitrogens with zero attached hydrogens (tertiary/aromatic N) is 2. The number of nitrogens with two attached hydrogens (primary N) is 1. The van der Waals surface area contributed by atoms with E-state index in [1.807, 2.05) is 4.68 Å². The molecule has 4 nitrogen and oxygen atoms in total. The summed E-state index contributed by atoms with van der Waals surface area (Å²) in [6, 6.07) is 0.226. The predicted octanol–water partition coefficient (Wildman–Crippen LogP) is 2.49.